The zero-order chi connectivity index (χ0) is 13.5. The summed E-state index contributed by atoms with van der Waals surface area (Å²) in [7, 11) is 1.87. The first-order valence-corrected chi connectivity index (χ1v) is 6.11. The Morgan fingerprint density at radius 2 is 2.11 bits per heavy atom. The van der Waals surface area contributed by atoms with Crippen molar-refractivity contribution in [3.8, 4) is 11.4 Å². The minimum absolute atomic E-state index is 0.0163. The molecule has 0 atom stereocenters. The van der Waals surface area contributed by atoms with Gasteiger partial charge in [0.05, 0.1) is 0 Å². The number of nitrogens with one attached hydrogen (secondary N) is 2. The standard InChI is InChI=1S/C13H16N4O2/c1-14-8-2-3-12(18)16-11-6-4-10(5-7-11)13-15-9-19-17-13/h4-7,9,14H,2-3,8H2,1H3,(H,16,18). The SMILES string of the molecule is CNCCCC(=O)Nc1ccc(-c2ncon2)cc1. The molecular formula is C13H16N4O2. The number of carbonyl (C=O) groups is 1. The second-order valence-corrected chi connectivity index (χ2v) is 4.09. The molecule has 0 fully saturated rings. The number of nitrogens with zero attached hydrogens (tertiary/aromatic N) is 2. The Morgan fingerprint density at radius 1 is 1.32 bits per heavy atom. The molecule has 0 bridgehead atoms. The number of amides is 1. The van der Waals surface area contributed by atoms with Crippen molar-refractivity contribution in [1.29, 1.82) is 0 Å². The monoisotopic (exact) mass is 260 g/mol. The Labute approximate surface area is 111 Å². The molecule has 1 heterocycles. The molecule has 0 aliphatic rings. The van der Waals surface area contributed by atoms with Crippen molar-refractivity contribution in [3.05, 3.63) is 30.7 Å². The highest BCUT2D eigenvalue weighted by Gasteiger charge is 2.04. The molecule has 2 N–H and O–H groups in total. The van der Waals surface area contributed by atoms with Crippen LogP contribution in [0.5, 0.6) is 0 Å². The van der Waals surface area contributed by atoms with Crippen molar-refractivity contribution in [2.24, 2.45) is 0 Å². The van der Waals surface area contributed by atoms with E-state index in [2.05, 4.69) is 25.3 Å². The van der Waals surface area contributed by atoms with Gasteiger partial charge in [-0.15, -0.1) is 0 Å². The van der Waals surface area contributed by atoms with E-state index in [4.69, 9.17) is 0 Å². The molecule has 1 aromatic carbocycles. The molecule has 0 radical (unpaired) electrons. The topological polar surface area (TPSA) is 80.0 Å². The summed E-state index contributed by atoms with van der Waals surface area (Å²) in [6.07, 6.45) is 2.61. The van der Waals surface area contributed by atoms with Gasteiger partial charge in [-0.05, 0) is 44.3 Å². The molecule has 0 aliphatic heterocycles. The molecule has 0 saturated heterocycles. The molecule has 0 aliphatic carbocycles. The average molecular weight is 260 g/mol. The van der Waals surface area contributed by atoms with Crippen molar-refractivity contribution in [3.63, 3.8) is 0 Å². The fraction of sp³-hybridized carbons (Fsp3) is 0.308. The third kappa shape index (κ3) is 3.89. The predicted octanol–water partition coefficient (Wildman–Crippen LogP) is 1.67. The number of carbonyl (C=O) groups excluding carboxylic acids is 1. The maximum absolute atomic E-state index is 11.6. The Bertz CT molecular complexity index is 508. The van der Waals surface area contributed by atoms with Gasteiger partial charge in [-0.1, -0.05) is 5.16 Å². The highest BCUT2D eigenvalue weighted by Crippen LogP contribution is 2.17. The first kappa shape index (κ1) is 13.2. The fourth-order valence-corrected chi connectivity index (χ4v) is 1.65. The normalized spacial score (nSPS) is 10.4. The molecule has 0 saturated carbocycles. The second kappa shape index (κ2) is 6.65. The van der Waals surface area contributed by atoms with Crippen LogP contribution in [0.3, 0.4) is 0 Å². The van der Waals surface area contributed by atoms with Crippen LogP contribution in [0.25, 0.3) is 11.4 Å². The largest absolute Gasteiger partial charge is 0.342 e. The summed E-state index contributed by atoms with van der Waals surface area (Å²) in [5, 5.41) is 9.60. The van der Waals surface area contributed by atoms with Crippen LogP contribution in [-0.2, 0) is 4.79 Å². The summed E-state index contributed by atoms with van der Waals surface area (Å²) in [6, 6.07) is 7.32. The smallest absolute Gasteiger partial charge is 0.224 e. The third-order valence-corrected chi connectivity index (χ3v) is 2.62. The Hall–Kier alpha value is -2.21. The summed E-state index contributed by atoms with van der Waals surface area (Å²) >= 11 is 0. The average Bonchev–Trinajstić information content (AvgIpc) is 2.94. The first-order chi connectivity index (χ1) is 9.29. The van der Waals surface area contributed by atoms with Gasteiger partial charge in [-0.3, -0.25) is 4.79 Å². The van der Waals surface area contributed by atoms with Crippen molar-refractivity contribution >= 4 is 11.6 Å². The lowest BCUT2D eigenvalue weighted by molar-refractivity contribution is -0.116. The van der Waals surface area contributed by atoms with Crippen LogP contribution in [0.1, 0.15) is 12.8 Å². The van der Waals surface area contributed by atoms with Gasteiger partial charge in [-0.25, -0.2) is 0 Å². The maximum atomic E-state index is 11.6. The predicted molar refractivity (Wildman–Crippen MR) is 71.5 cm³/mol. The van der Waals surface area contributed by atoms with Crippen molar-refractivity contribution in [2.75, 3.05) is 18.9 Å². The van der Waals surface area contributed by atoms with Gasteiger partial charge in [0.15, 0.2) is 0 Å². The highest BCUT2D eigenvalue weighted by molar-refractivity contribution is 5.90. The van der Waals surface area contributed by atoms with Crippen LogP contribution in [0.4, 0.5) is 5.69 Å². The van der Waals surface area contributed by atoms with E-state index in [1.54, 1.807) is 0 Å². The lowest BCUT2D eigenvalue weighted by atomic mass is 10.2. The summed E-state index contributed by atoms with van der Waals surface area (Å²) in [5.41, 5.74) is 1.61. The molecule has 2 aromatic rings. The van der Waals surface area contributed by atoms with E-state index < -0.39 is 0 Å². The Kier molecular flexibility index (Phi) is 4.63. The Balaban J connectivity index is 1.90. The molecule has 1 aromatic heterocycles. The molecule has 100 valence electrons. The molecule has 19 heavy (non-hydrogen) atoms. The van der Waals surface area contributed by atoms with E-state index in [1.165, 1.54) is 6.39 Å². The van der Waals surface area contributed by atoms with Crippen molar-refractivity contribution in [1.82, 2.24) is 15.5 Å². The minimum Gasteiger partial charge on any atom is -0.342 e. The zero-order valence-electron chi connectivity index (χ0n) is 10.7. The third-order valence-electron chi connectivity index (χ3n) is 2.62. The van der Waals surface area contributed by atoms with Crippen LogP contribution >= 0.6 is 0 Å². The lowest BCUT2D eigenvalue weighted by Gasteiger charge is -2.05. The van der Waals surface area contributed by atoms with Crippen LogP contribution in [0.2, 0.25) is 0 Å². The lowest BCUT2D eigenvalue weighted by Crippen LogP contribution is -2.15. The quantitative estimate of drug-likeness (QED) is 0.772. The van der Waals surface area contributed by atoms with Crippen molar-refractivity contribution in [2.45, 2.75) is 12.8 Å². The van der Waals surface area contributed by atoms with E-state index in [-0.39, 0.29) is 5.91 Å². The van der Waals surface area contributed by atoms with E-state index in [1.807, 2.05) is 31.3 Å². The molecular weight excluding hydrogens is 244 g/mol. The number of hydrogen-bond donors (Lipinski definition) is 2. The van der Waals surface area contributed by atoms with Gasteiger partial charge in [-0.2, -0.15) is 4.98 Å². The summed E-state index contributed by atoms with van der Waals surface area (Å²) < 4.78 is 4.68. The molecule has 6 heteroatoms. The van der Waals surface area contributed by atoms with Gasteiger partial charge in [0.25, 0.3) is 0 Å². The van der Waals surface area contributed by atoms with Gasteiger partial charge >= 0.3 is 0 Å². The zero-order valence-corrected chi connectivity index (χ0v) is 10.7. The minimum atomic E-state index is 0.0163. The maximum Gasteiger partial charge on any atom is 0.224 e. The van der Waals surface area contributed by atoms with Crippen LogP contribution in [0, 0.1) is 0 Å². The molecule has 0 unspecified atom stereocenters. The van der Waals surface area contributed by atoms with Crippen LogP contribution in [0.15, 0.2) is 35.2 Å². The molecule has 1 amide bonds. The van der Waals surface area contributed by atoms with E-state index in [9.17, 15) is 4.79 Å². The van der Waals surface area contributed by atoms with E-state index in [0.717, 1.165) is 24.2 Å². The summed E-state index contributed by atoms with van der Waals surface area (Å²) in [6.45, 7) is 0.837. The van der Waals surface area contributed by atoms with E-state index >= 15 is 0 Å². The van der Waals surface area contributed by atoms with Crippen LogP contribution < -0.4 is 10.6 Å². The van der Waals surface area contributed by atoms with Gasteiger partial charge in [0, 0.05) is 17.7 Å². The molecule has 2 rings (SSSR count). The number of hydrogen-bond acceptors (Lipinski definition) is 5. The van der Waals surface area contributed by atoms with Gasteiger partial charge in [0.1, 0.15) is 0 Å². The number of anilines is 1. The van der Waals surface area contributed by atoms with Crippen LogP contribution in [-0.4, -0.2) is 29.6 Å². The second-order valence-electron chi connectivity index (χ2n) is 4.09. The Morgan fingerprint density at radius 3 is 2.74 bits per heavy atom. The summed E-state index contributed by atoms with van der Waals surface area (Å²) in [5.74, 6) is 0.550. The van der Waals surface area contributed by atoms with E-state index in [0.29, 0.717) is 12.2 Å². The van der Waals surface area contributed by atoms with Crippen molar-refractivity contribution < 1.29 is 9.32 Å². The summed E-state index contributed by atoms with van der Waals surface area (Å²) in [4.78, 5) is 15.6. The number of benzene rings is 1. The number of rotatable bonds is 6. The number of aromatic nitrogens is 2. The van der Waals surface area contributed by atoms with Gasteiger partial charge in [0.2, 0.25) is 18.1 Å². The first-order valence-electron chi connectivity index (χ1n) is 6.11. The molecule has 6 nitrogen and oxygen atoms in total. The fourth-order valence-electron chi connectivity index (χ4n) is 1.65. The molecule has 0 spiro atoms. The van der Waals surface area contributed by atoms with Gasteiger partial charge < -0.3 is 15.2 Å². The highest BCUT2D eigenvalue weighted by atomic mass is 16.5.